The molecule has 2 aromatic heterocycles. The fraction of sp³-hybridized carbons (Fsp3) is 0.333. The molecule has 0 atom stereocenters. The average molecular weight is 430 g/mol. The highest BCUT2D eigenvalue weighted by Crippen LogP contribution is 2.24. The molecule has 0 aliphatic carbocycles. The van der Waals surface area contributed by atoms with E-state index in [-0.39, 0.29) is 16.4 Å². The van der Waals surface area contributed by atoms with E-state index in [9.17, 15) is 13.2 Å². The number of carbonyl (C=O) groups excluding carboxylic acids is 1. The summed E-state index contributed by atoms with van der Waals surface area (Å²) in [5.74, 6) is 0.253. The van der Waals surface area contributed by atoms with Crippen LogP contribution in [0.4, 0.5) is 0 Å². The van der Waals surface area contributed by atoms with Gasteiger partial charge in [0.05, 0.1) is 10.8 Å². The van der Waals surface area contributed by atoms with Gasteiger partial charge in [0.15, 0.2) is 5.78 Å². The van der Waals surface area contributed by atoms with E-state index in [2.05, 4.69) is 9.97 Å². The number of rotatable bonds is 6. The maximum absolute atomic E-state index is 12.8. The Hall–Kier alpha value is -2.16. The second kappa shape index (κ2) is 8.69. The zero-order chi connectivity index (χ0) is 20.3. The van der Waals surface area contributed by atoms with Crippen molar-refractivity contribution in [1.82, 2.24) is 14.3 Å². The van der Waals surface area contributed by atoms with Crippen LogP contribution in [0, 0.1) is 0 Å². The Morgan fingerprint density at radius 1 is 1.07 bits per heavy atom. The molecule has 1 aliphatic rings. The van der Waals surface area contributed by atoms with Crippen LogP contribution in [0.5, 0.6) is 0 Å². The van der Waals surface area contributed by atoms with Crippen LogP contribution < -0.4 is 0 Å². The molecule has 1 saturated heterocycles. The van der Waals surface area contributed by atoms with Crippen molar-refractivity contribution in [3.8, 4) is 0 Å². The van der Waals surface area contributed by atoms with Crippen molar-refractivity contribution >= 4 is 38.5 Å². The number of para-hydroxylation sites is 1. The third-order valence-corrected chi connectivity index (χ3v) is 7.98. The first-order chi connectivity index (χ1) is 14.1. The van der Waals surface area contributed by atoms with Crippen LogP contribution in [0.1, 0.15) is 36.0 Å². The van der Waals surface area contributed by atoms with Crippen molar-refractivity contribution in [3.05, 3.63) is 54.4 Å². The molecule has 0 bridgehead atoms. The van der Waals surface area contributed by atoms with Gasteiger partial charge in [-0.05, 0) is 31.0 Å². The van der Waals surface area contributed by atoms with E-state index in [0.717, 1.165) is 36.6 Å². The van der Waals surface area contributed by atoms with Crippen LogP contribution in [0.3, 0.4) is 0 Å². The van der Waals surface area contributed by atoms with Crippen LogP contribution in [0.25, 0.3) is 10.9 Å². The molecule has 1 aliphatic heterocycles. The minimum absolute atomic E-state index is 0.00974. The number of thioether (sulfide) groups is 1. The van der Waals surface area contributed by atoms with Gasteiger partial charge in [-0.1, -0.05) is 42.8 Å². The fourth-order valence-electron chi connectivity index (χ4n) is 3.56. The highest BCUT2D eigenvalue weighted by atomic mass is 32.2. The summed E-state index contributed by atoms with van der Waals surface area (Å²) in [4.78, 5) is 20.2. The molecule has 1 fully saturated rings. The highest BCUT2D eigenvalue weighted by Gasteiger charge is 2.25. The Morgan fingerprint density at radius 2 is 1.83 bits per heavy atom. The second-order valence-electron chi connectivity index (χ2n) is 7.11. The van der Waals surface area contributed by atoms with E-state index in [4.69, 9.17) is 0 Å². The summed E-state index contributed by atoms with van der Waals surface area (Å²) in [6.45, 7) is 1.13. The minimum atomic E-state index is -3.50. The van der Waals surface area contributed by atoms with Crippen molar-refractivity contribution in [1.29, 1.82) is 0 Å². The SMILES string of the molecule is O=C(CSc1ccc(S(=O)(=O)N2CCCCCC2)cn1)c1c[nH]c2ccccc12. The molecule has 4 rings (SSSR count). The predicted octanol–water partition coefficient (Wildman–Crippen LogP) is 4.10. The predicted molar refractivity (Wildman–Crippen MR) is 115 cm³/mol. The van der Waals surface area contributed by atoms with Gasteiger partial charge in [0.2, 0.25) is 10.0 Å². The van der Waals surface area contributed by atoms with Gasteiger partial charge < -0.3 is 4.98 Å². The van der Waals surface area contributed by atoms with E-state index in [1.54, 1.807) is 22.6 Å². The topological polar surface area (TPSA) is 83.1 Å². The van der Waals surface area contributed by atoms with Gasteiger partial charge in [0.1, 0.15) is 4.90 Å². The van der Waals surface area contributed by atoms with E-state index in [0.29, 0.717) is 23.7 Å². The lowest BCUT2D eigenvalue weighted by atomic mass is 10.1. The third-order valence-electron chi connectivity index (χ3n) is 5.15. The van der Waals surface area contributed by atoms with Gasteiger partial charge >= 0.3 is 0 Å². The molecule has 0 radical (unpaired) electrons. The summed E-state index contributed by atoms with van der Waals surface area (Å²) in [6, 6.07) is 11.0. The lowest BCUT2D eigenvalue weighted by Crippen LogP contribution is -2.32. The standard InChI is InChI=1S/C21H23N3O3S2/c25-20(18-14-22-19-8-4-3-7-17(18)19)15-28-21-10-9-16(13-23-21)29(26,27)24-11-5-1-2-6-12-24/h3-4,7-10,13-14,22H,1-2,5-6,11-12,15H2. The number of hydrogen-bond acceptors (Lipinski definition) is 5. The summed E-state index contributed by atoms with van der Waals surface area (Å²) in [5.41, 5.74) is 1.59. The number of aromatic amines is 1. The van der Waals surface area contributed by atoms with Gasteiger partial charge in [0, 0.05) is 41.9 Å². The monoisotopic (exact) mass is 429 g/mol. The number of pyridine rings is 1. The molecule has 3 aromatic rings. The zero-order valence-corrected chi connectivity index (χ0v) is 17.6. The Labute approximate surface area is 174 Å². The first kappa shape index (κ1) is 20.1. The highest BCUT2D eigenvalue weighted by molar-refractivity contribution is 7.99. The number of aromatic nitrogens is 2. The normalized spacial score (nSPS) is 16.0. The number of ketones is 1. The van der Waals surface area contributed by atoms with Crippen molar-refractivity contribution in [2.24, 2.45) is 0 Å². The van der Waals surface area contributed by atoms with Gasteiger partial charge in [0.25, 0.3) is 0 Å². The molecule has 0 spiro atoms. The summed E-state index contributed by atoms with van der Waals surface area (Å²) in [6.07, 6.45) is 7.08. The van der Waals surface area contributed by atoms with Crippen molar-refractivity contribution in [2.45, 2.75) is 35.6 Å². The number of fused-ring (bicyclic) bond motifs is 1. The van der Waals surface area contributed by atoms with E-state index in [1.165, 1.54) is 18.0 Å². The van der Waals surface area contributed by atoms with Gasteiger partial charge in [-0.2, -0.15) is 4.31 Å². The molecular weight excluding hydrogens is 406 g/mol. The van der Waals surface area contributed by atoms with Crippen LogP contribution >= 0.6 is 11.8 Å². The number of Topliss-reactive ketones (excluding diaryl/α,β-unsaturated/α-hetero) is 1. The molecular formula is C21H23N3O3S2. The van der Waals surface area contributed by atoms with Crippen molar-refractivity contribution in [2.75, 3.05) is 18.8 Å². The van der Waals surface area contributed by atoms with Crippen LogP contribution in [-0.2, 0) is 10.0 Å². The zero-order valence-electron chi connectivity index (χ0n) is 16.0. The molecule has 1 aromatic carbocycles. The van der Waals surface area contributed by atoms with Crippen LogP contribution in [0.2, 0.25) is 0 Å². The number of carbonyl (C=O) groups is 1. The molecule has 3 heterocycles. The lowest BCUT2D eigenvalue weighted by molar-refractivity contribution is 0.102. The van der Waals surface area contributed by atoms with Gasteiger partial charge in [-0.3, -0.25) is 4.79 Å². The fourth-order valence-corrected chi connectivity index (χ4v) is 5.74. The maximum atomic E-state index is 12.8. The maximum Gasteiger partial charge on any atom is 0.244 e. The second-order valence-corrected chi connectivity index (χ2v) is 10.0. The van der Waals surface area contributed by atoms with Crippen molar-refractivity contribution < 1.29 is 13.2 Å². The van der Waals surface area contributed by atoms with Crippen LogP contribution in [-0.4, -0.2) is 47.3 Å². The van der Waals surface area contributed by atoms with Crippen LogP contribution in [0.15, 0.2) is 58.7 Å². The van der Waals surface area contributed by atoms with E-state index >= 15 is 0 Å². The third kappa shape index (κ3) is 4.39. The Kier molecular flexibility index (Phi) is 6.03. The average Bonchev–Trinajstić information content (AvgIpc) is 2.97. The Bertz CT molecular complexity index is 1100. The van der Waals surface area contributed by atoms with Gasteiger partial charge in [-0.25, -0.2) is 13.4 Å². The molecule has 1 N–H and O–H groups in total. The largest absolute Gasteiger partial charge is 0.360 e. The van der Waals surface area contributed by atoms with Crippen molar-refractivity contribution in [3.63, 3.8) is 0 Å². The molecule has 0 unspecified atom stereocenters. The molecule has 0 saturated carbocycles. The summed E-state index contributed by atoms with van der Waals surface area (Å²) >= 11 is 1.31. The molecule has 152 valence electrons. The number of hydrogen-bond donors (Lipinski definition) is 1. The smallest absolute Gasteiger partial charge is 0.244 e. The Morgan fingerprint density at radius 3 is 2.55 bits per heavy atom. The van der Waals surface area contributed by atoms with E-state index in [1.807, 2.05) is 24.3 Å². The first-order valence-electron chi connectivity index (χ1n) is 9.74. The number of H-pyrrole nitrogens is 1. The summed E-state index contributed by atoms with van der Waals surface area (Å²) < 4.78 is 27.2. The minimum Gasteiger partial charge on any atom is -0.360 e. The molecule has 8 heteroatoms. The Balaban J connectivity index is 1.42. The number of nitrogens with zero attached hydrogens (tertiary/aromatic N) is 2. The number of nitrogens with one attached hydrogen (secondary N) is 1. The quantitative estimate of drug-likeness (QED) is 0.471. The summed E-state index contributed by atoms with van der Waals surface area (Å²) in [7, 11) is -3.50. The number of benzene rings is 1. The molecule has 6 nitrogen and oxygen atoms in total. The summed E-state index contributed by atoms with van der Waals surface area (Å²) in [5, 5.41) is 1.54. The van der Waals surface area contributed by atoms with E-state index < -0.39 is 10.0 Å². The van der Waals surface area contributed by atoms with Gasteiger partial charge in [-0.15, -0.1) is 0 Å². The number of sulfonamides is 1. The molecule has 29 heavy (non-hydrogen) atoms. The molecule has 0 amide bonds. The first-order valence-corrected chi connectivity index (χ1v) is 12.2. The lowest BCUT2D eigenvalue weighted by Gasteiger charge is -2.19.